The van der Waals surface area contributed by atoms with Crippen LogP contribution in [0, 0.1) is 12.7 Å². The molecule has 0 bridgehead atoms. The van der Waals surface area contributed by atoms with Gasteiger partial charge in [0.05, 0.1) is 16.2 Å². The summed E-state index contributed by atoms with van der Waals surface area (Å²) in [5.41, 5.74) is 3.40. The van der Waals surface area contributed by atoms with Crippen molar-refractivity contribution in [3.8, 4) is 0 Å². The van der Waals surface area contributed by atoms with Gasteiger partial charge in [0.2, 0.25) is 0 Å². The maximum absolute atomic E-state index is 13.4. The molecule has 2 amide bonds. The number of hydrogen-bond donors (Lipinski definition) is 0. The Morgan fingerprint density at radius 1 is 0.862 bits per heavy atom. The fraction of sp³-hybridized carbons (Fsp3) is 0.0833. The maximum atomic E-state index is 13.4. The Kier molecular flexibility index (Phi) is 5.32. The lowest BCUT2D eigenvalue weighted by Gasteiger charge is -2.15. The van der Waals surface area contributed by atoms with E-state index in [-0.39, 0.29) is 17.6 Å². The molecule has 0 saturated carbocycles. The highest BCUT2D eigenvalue weighted by molar-refractivity contribution is 8.03. The summed E-state index contributed by atoms with van der Waals surface area (Å²) < 4.78 is 13.4. The first-order valence-electron chi connectivity index (χ1n) is 9.17. The van der Waals surface area contributed by atoms with Crippen LogP contribution < -0.4 is 4.90 Å². The average molecular weight is 403 g/mol. The van der Waals surface area contributed by atoms with Gasteiger partial charge in [0.15, 0.2) is 0 Å². The Morgan fingerprint density at radius 2 is 1.59 bits per heavy atom. The van der Waals surface area contributed by atoms with E-state index in [1.54, 1.807) is 18.2 Å². The first kappa shape index (κ1) is 19.2. The predicted octanol–water partition coefficient (Wildman–Crippen LogP) is 5.35. The highest BCUT2D eigenvalue weighted by Gasteiger charge is 2.40. The van der Waals surface area contributed by atoms with Crippen LogP contribution in [0.25, 0.3) is 5.57 Å². The Balaban J connectivity index is 1.75. The Bertz CT molecular complexity index is 1110. The van der Waals surface area contributed by atoms with E-state index in [4.69, 9.17) is 0 Å². The normalized spacial score (nSPS) is 14.1. The number of amides is 2. The molecule has 0 N–H and O–H groups in total. The number of rotatable bonds is 5. The van der Waals surface area contributed by atoms with Crippen molar-refractivity contribution in [2.75, 3.05) is 4.90 Å². The molecule has 1 aliphatic rings. The van der Waals surface area contributed by atoms with Gasteiger partial charge in [-0.25, -0.2) is 9.29 Å². The first-order chi connectivity index (χ1) is 14.0. The number of imide groups is 1. The largest absolute Gasteiger partial charge is 0.272 e. The van der Waals surface area contributed by atoms with E-state index in [9.17, 15) is 14.0 Å². The van der Waals surface area contributed by atoms with Gasteiger partial charge in [-0.15, -0.1) is 11.8 Å². The smallest absolute Gasteiger partial charge is 0.268 e. The van der Waals surface area contributed by atoms with Crippen LogP contribution in [0.1, 0.15) is 16.7 Å². The summed E-state index contributed by atoms with van der Waals surface area (Å²) in [6, 6.07) is 22.7. The Morgan fingerprint density at radius 3 is 2.28 bits per heavy atom. The second-order valence-corrected chi connectivity index (χ2v) is 7.76. The molecule has 1 heterocycles. The van der Waals surface area contributed by atoms with Gasteiger partial charge >= 0.3 is 0 Å². The van der Waals surface area contributed by atoms with Crippen LogP contribution in [-0.4, -0.2) is 11.8 Å². The van der Waals surface area contributed by atoms with Crippen LogP contribution in [0.15, 0.2) is 83.8 Å². The first-order valence-corrected chi connectivity index (χ1v) is 10.2. The fourth-order valence-corrected chi connectivity index (χ4v) is 4.31. The molecule has 144 valence electrons. The fourth-order valence-electron chi connectivity index (χ4n) is 3.25. The number of nitrogens with zero attached hydrogens (tertiary/aromatic N) is 1. The number of carbonyl (C=O) groups excluding carboxylic acids is 2. The van der Waals surface area contributed by atoms with Crippen LogP contribution in [0.3, 0.4) is 0 Å². The lowest BCUT2D eigenvalue weighted by Crippen LogP contribution is -2.31. The van der Waals surface area contributed by atoms with Gasteiger partial charge in [0, 0.05) is 5.75 Å². The minimum Gasteiger partial charge on any atom is -0.268 e. The standard InChI is InChI=1S/C24H18FNO2S/c1-16-6-5-9-20(14-16)26-23(27)21(18-10-12-19(25)13-11-18)22(24(26)28)29-15-17-7-3-2-4-8-17/h2-14H,15H2,1H3. The molecule has 1 aliphatic heterocycles. The molecular weight excluding hydrogens is 385 g/mol. The van der Waals surface area contributed by atoms with E-state index in [1.807, 2.05) is 55.5 Å². The highest BCUT2D eigenvalue weighted by Crippen LogP contribution is 2.39. The number of aryl methyl sites for hydroxylation is 1. The van der Waals surface area contributed by atoms with Crippen molar-refractivity contribution in [2.24, 2.45) is 0 Å². The molecule has 0 saturated heterocycles. The monoisotopic (exact) mass is 403 g/mol. The zero-order valence-electron chi connectivity index (χ0n) is 15.8. The highest BCUT2D eigenvalue weighted by atomic mass is 32.2. The van der Waals surface area contributed by atoms with E-state index in [2.05, 4.69) is 0 Å². The van der Waals surface area contributed by atoms with Crippen molar-refractivity contribution < 1.29 is 14.0 Å². The summed E-state index contributed by atoms with van der Waals surface area (Å²) in [6.45, 7) is 1.91. The van der Waals surface area contributed by atoms with Crippen molar-refractivity contribution >= 4 is 34.8 Å². The summed E-state index contributed by atoms with van der Waals surface area (Å²) in [6.07, 6.45) is 0. The molecule has 0 atom stereocenters. The van der Waals surface area contributed by atoms with Gasteiger partial charge in [-0.05, 0) is 47.9 Å². The molecule has 3 aromatic rings. The second-order valence-electron chi connectivity index (χ2n) is 6.77. The second kappa shape index (κ2) is 8.05. The predicted molar refractivity (Wildman–Crippen MR) is 115 cm³/mol. The summed E-state index contributed by atoms with van der Waals surface area (Å²) in [5, 5.41) is 0. The summed E-state index contributed by atoms with van der Waals surface area (Å²) in [7, 11) is 0. The lowest BCUT2D eigenvalue weighted by molar-refractivity contribution is -0.119. The third-order valence-electron chi connectivity index (χ3n) is 4.66. The lowest BCUT2D eigenvalue weighted by atomic mass is 10.1. The zero-order chi connectivity index (χ0) is 20.4. The molecule has 3 nitrogen and oxygen atoms in total. The topological polar surface area (TPSA) is 37.4 Å². The SMILES string of the molecule is Cc1cccc(N2C(=O)C(SCc3ccccc3)=C(c3ccc(F)cc3)C2=O)c1. The molecule has 4 rings (SSSR count). The Labute approximate surface area is 172 Å². The quantitative estimate of drug-likeness (QED) is 0.539. The minimum absolute atomic E-state index is 0.317. The molecule has 0 fully saturated rings. The molecular formula is C24H18FNO2S. The van der Waals surface area contributed by atoms with Gasteiger partial charge in [-0.3, -0.25) is 9.59 Å². The average Bonchev–Trinajstić information content (AvgIpc) is 2.97. The van der Waals surface area contributed by atoms with E-state index in [0.717, 1.165) is 11.1 Å². The number of carbonyl (C=O) groups is 2. The minimum atomic E-state index is -0.389. The van der Waals surface area contributed by atoms with E-state index >= 15 is 0 Å². The van der Waals surface area contributed by atoms with Crippen LogP contribution in [0.2, 0.25) is 0 Å². The number of hydrogen-bond acceptors (Lipinski definition) is 3. The zero-order valence-corrected chi connectivity index (χ0v) is 16.6. The van der Waals surface area contributed by atoms with Crippen molar-refractivity contribution in [1.29, 1.82) is 0 Å². The van der Waals surface area contributed by atoms with Crippen LogP contribution in [-0.2, 0) is 15.3 Å². The molecule has 5 heteroatoms. The van der Waals surface area contributed by atoms with E-state index in [0.29, 0.717) is 27.5 Å². The van der Waals surface area contributed by atoms with Crippen molar-refractivity contribution in [2.45, 2.75) is 12.7 Å². The van der Waals surface area contributed by atoms with Gasteiger partial charge < -0.3 is 0 Å². The molecule has 0 radical (unpaired) electrons. The van der Waals surface area contributed by atoms with Crippen molar-refractivity contribution in [3.63, 3.8) is 0 Å². The molecule has 29 heavy (non-hydrogen) atoms. The molecule has 0 aromatic heterocycles. The van der Waals surface area contributed by atoms with E-state index in [1.165, 1.54) is 28.8 Å². The van der Waals surface area contributed by atoms with Gasteiger partial charge in [-0.2, -0.15) is 0 Å². The molecule has 0 aliphatic carbocycles. The number of anilines is 1. The summed E-state index contributed by atoms with van der Waals surface area (Å²) >= 11 is 1.33. The number of thioether (sulfide) groups is 1. The number of halogens is 1. The van der Waals surface area contributed by atoms with Crippen LogP contribution in [0.4, 0.5) is 10.1 Å². The number of benzene rings is 3. The van der Waals surface area contributed by atoms with Gasteiger partial charge in [0.25, 0.3) is 11.8 Å². The van der Waals surface area contributed by atoms with Crippen molar-refractivity contribution in [1.82, 2.24) is 0 Å². The third-order valence-corrected chi connectivity index (χ3v) is 5.81. The third kappa shape index (κ3) is 3.87. The summed E-state index contributed by atoms with van der Waals surface area (Å²) in [4.78, 5) is 28.1. The van der Waals surface area contributed by atoms with Crippen LogP contribution >= 0.6 is 11.8 Å². The Hall–Kier alpha value is -3.18. The van der Waals surface area contributed by atoms with Gasteiger partial charge in [-0.1, -0.05) is 54.6 Å². The molecule has 0 unspecified atom stereocenters. The molecule has 3 aromatic carbocycles. The van der Waals surface area contributed by atoms with E-state index < -0.39 is 0 Å². The van der Waals surface area contributed by atoms with Gasteiger partial charge in [0.1, 0.15) is 5.82 Å². The molecule has 0 spiro atoms. The van der Waals surface area contributed by atoms with Crippen LogP contribution in [0.5, 0.6) is 0 Å². The summed E-state index contributed by atoms with van der Waals surface area (Å²) in [5.74, 6) is -0.564. The maximum Gasteiger partial charge on any atom is 0.272 e. The van der Waals surface area contributed by atoms with Crippen molar-refractivity contribution in [3.05, 3.63) is 106 Å².